The van der Waals surface area contributed by atoms with Crippen LogP contribution < -0.4 is 0 Å². The third kappa shape index (κ3) is 1.57. The summed E-state index contributed by atoms with van der Waals surface area (Å²) in [6.45, 7) is 0. The van der Waals surface area contributed by atoms with E-state index in [-0.39, 0.29) is 4.47 Å². The first-order chi connectivity index (χ1) is 6.68. The molecule has 2 rings (SSSR count). The lowest BCUT2D eigenvalue weighted by Gasteiger charge is -2.00. The highest BCUT2D eigenvalue weighted by Gasteiger charge is 2.10. The number of hydrogen-bond donors (Lipinski definition) is 0. The minimum absolute atomic E-state index is 0.0869. The highest BCUT2D eigenvalue weighted by atomic mass is 79.9. The molecule has 0 aliphatic heterocycles. The summed E-state index contributed by atoms with van der Waals surface area (Å²) >= 11 is 2.93. The number of rotatable bonds is 1. The Balaban J connectivity index is 2.57. The molecule has 1 aromatic carbocycles. The Kier molecular flexibility index (Phi) is 2.37. The number of furan rings is 1. The third-order valence-electron chi connectivity index (χ3n) is 1.79. The van der Waals surface area contributed by atoms with E-state index in [2.05, 4.69) is 15.9 Å². The fourth-order valence-electron chi connectivity index (χ4n) is 1.14. The molecule has 0 aliphatic carbocycles. The molecule has 1 nitrogen and oxygen atoms in total. The molecule has 1 aromatic heterocycles. The van der Waals surface area contributed by atoms with Crippen LogP contribution >= 0.6 is 15.9 Å². The van der Waals surface area contributed by atoms with Gasteiger partial charge >= 0.3 is 0 Å². The van der Waals surface area contributed by atoms with Crippen LogP contribution in [0.5, 0.6) is 0 Å². The molecule has 0 atom stereocenters. The topological polar surface area (TPSA) is 13.1 Å². The second kappa shape index (κ2) is 3.53. The van der Waals surface area contributed by atoms with Gasteiger partial charge in [0.1, 0.15) is 5.76 Å². The van der Waals surface area contributed by atoms with Crippen molar-refractivity contribution in [3.8, 4) is 11.3 Å². The standard InChI is InChI=1S/C10H5BrF2O/c11-7-4-6(5-8(12)10(7)13)9-2-1-3-14-9/h1-5H. The van der Waals surface area contributed by atoms with Gasteiger partial charge in [0.25, 0.3) is 0 Å². The lowest BCUT2D eigenvalue weighted by Crippen LogP contribution is -1.86. The van der Waals surface area contributed by atoms with Gasteiger partial charge in [-0.1, -0.05) is 0 Å². The van der Waals surface area contributed by atoms with Gasteiger partial charge in [0.05, 0.1) is 10.7 Å². The van der Waals surface area contributed by atoms with Gasteiger partial charge in [-0.15, -0.1) is 0 Å². The van der Waals surface area contributed by atoms with Crippen LogP contribution in [0, 0.1) is 11.6 Å². The van der Waals surface area contributed by atoms with E-state index in [0.717, 1.165) is 6.07 Å². The van der Waals surface area contributed by atoms with Crippen molar-refractivity contribution in [1.82, 2.24) is 0 Å². The summed E-state index contributed by atoms with van der Waals surface area (Å²) in [4.78, 5) is 0. The van der Waals surface area contributed by atoms with Gasteiger partial charge in [0.15, 0.2) is 11.6 Å². The SMILES string of the molecule is Fc1cc(-c2ccco2)cc(Br)c1F. The number of halogens is 3. The van der Waals surface area contributed by atoms with Crippen molar-refractivity contribution in [2.75, 3.05) is 0 Å². The largest absolute Gasteiger partial charge is 0.464 e. The second-order valence-corrected chi connectivity index (χ2v) is 3.59. The molecule has 0 bridgehead atoms. The van der Waals surface area contributed by atoms with Crippen molar-refractivity contribution in [3.63, 3.8) is 0 Å². The first kappa shape index (κ1) is 9.40. The maximum absolute atomic E-state index is 13.0. The Bertz CT molecular complexity index is 428. The monoisotopic (exact) mass is 258 g/mol. The molecule has 0 radical (unpaired) electrons. The smallest absolute Gasteiger partial charge is 0.173 e. The predicted octanol–water partition coefficient (Wildman–Crippen LogP) is 3.99. The lowest BCUT2D eigenvalue weighted by molar-refractivity contribution is 0.503. The number of benzene rings is 1. The van der Waals surface area contributed by atoms with Crippen molar-refractivity contribution in [1.29, 1.82) is 0 Å². The molecule has 0 saturated carbocycles. The van der Waals surface area contributed by atoms with E-state index in [1.807, 2.05) is 0 Å². The summed E-state index contributed by atoms with van der Waals surface area (Å²) in [6.07, 6.45) is 1.48. The van der Waals surface area contributed by atoms with Crippen LogP contribution in [-0.4, -0.2) is 0 Å². The van der Waals surface area contributed by atoms with Crippen LogP contribution in [0.2, 0.25) is 0 Å². The van der Waals surface area contributed by atoms with Crippen LogP contribution in [0.15, 0.2) is 39.4 Å². The molecule has 0 N–H and O–H groups in total. The summed E-state index contributed by atoms with van der Waals surface area (Å²) in [5.74, 6) is -1.28. The van der Waals surface area contributed by atoms with Crippen molar-refractivity contribution >= 4 is 15.9 Å². The summed E-state index contributed by atoms with van der Waals surface area (Å²) in [5.41, 5.74) is 0.501. The van der Waals surface area contributed by atoms with Gasteiger partial charge in [-0.25, -0.2) is 8.78 Å². The Morgan fingerprint density at radius 3 is 2.57 bits per heavy atom. The van der Waals surface area contributed by atoms with Gasteiger partial charge in [-0.2, -0.15) is 0 Å². The predicted molar refractivity (Wildman–Crippen MR) is 51.8 cm³/mol. The van der Waals surface area contributed by atoms with E-state index in [4.69, 9.17) is 4.42 Å². The molecule has 0 aliphatic rings. The average molecular weight is 259 g/mol. The number of hydrogen-bond acceptors (Lipinski definition) is 1. The highest BCUT2D eigenvalue weighted by molar-refractivity contribution is 9.10. The fraction of sp³-hybridized carbons (Fsp3) is 0. The molecular weight excluding hydrogens is 254 g/mol. The van der Waals surface area contributed by atoms with Crippen LogP contribution in [0.4, 0.5) is 8.78 Å². The normalized spacial score (nSPS) is 10.5. The van der Waals surface area contributed by atoms with Gasteiger partial charge in [-0.05, 0) is 40.2 Å². The molecular formula is C10H5BrF2O. The maximum atomic E-state index is 13.0. The lowest BCUT2D eigenvalue weighted by atomic mass is 10.1. The molecule has 0 spiro atoms. The second-order valence-electron chi connectivity index (χ2n) is 2.73. The molecule has 0 saturated heterocycles. The zero-order valence-electron chi connectivity index (χ0n) is 6.93. The molecule has 0 amide bonds. The van der Waals surface area contributed by atoms with Crippen molar-refractivity contribution < 1.29 is 13.2 Å². The Labute approximate surface area is 87.5 Å². The zero-order chi connectivity index (χ0) is 10.1. The first-order valence-corrected chi connectivity index (χ1v) is 4.66. The van der Waals surface area contributed by atoms with E-state index in [1.165, 1.54) is 12.3 Å². The molecule has 4 heteroatoms. The van der Waals surface area contributed by atoms with Crippen molar-refractivity contribution in [3.05, 3.63) is 46.6 Å². The van der Waals surface area contributed by atoms with Crippen LogP contribution in [0.1, 0.15) is 0 Å². The van der Waals surface area contributed by atoms with Gasteiger partial charge in [-0.3, -0.25) is 0 Å². The summed E-state index contributed by atoms with van der Waals surface area (Å²) < 4.78 is 31.0. The minimum Gasteiger partial charge on any atom is -0.464 e. The minimum atomic E-state index is -0.897. The van der Waals surface area contributed by atoms with E-state index < -0.39 is 11.6 Å². The maximum Gasteiger partial charge on any atom is 0.173 e. The summed E-state index contributed by atoms with van der Waals surface area (Å²) in [5, 5.41) is 0. The van der Waals surface area contributed by atoms with E-state index >= 15 is 0 Å². The Morgan fingerprint density at radius 2 is 2.00 bits per heavy atom. The van der Waals surface area contributed by atoms with Crippen molar-refractivity contribution in [2.45, 2.75) is 0 Å². The molecule has 72 valence electrons. The molecule has 0 fully saturated rings. The Hall–Kier alpha value is -1.16. The third-order valence-corrected chi connectivity index (χ3v) is 2.37. The van der Waals surface area contributed by atoms with Gasteiger partial charge < -0.3 is 4.42 Å². The van der Waals surface area contributed by atoms with E-state index in [0.29, 0.717) is 11.3 Å². The molecule has 1 heterocycles. The fourth-order valence-corrected chi connectivity index (χ4v) is 1.58. The Morgan fingerprint density at radius 1 is 1.21 bits per heavy atom. The quantitative estimate of drug-likeness (QED) is 0.706. The highest BCUT2D eigenvalue weighted by Crippen LogP contribution is 2.27. The van der Waals surface area contributed by atoms with Gasteiger partial charge in [0, 0.05) is 5.56 Å². The molecule has 2 aromatic rings. The molecule has 14 heavy (non-hydrogen) atoms. The summed E-state index contributed by atoms with van der Waals surface area (Å²) in [7, 11) is 0. The zero-order valence-corrected chi connectivity index (χ0v) is 8.51. The van der Waals surface area contributed by atoms with E-state index in [9.17, 15) is 8.78 Å². The van der Waals surface area contributed by atoms with Crippen LogP contribution in [-0.2, 0) is 0 Å². The van der Waals surface area contributed by atoms with Gasteiger partial charge in [0.2, 0.25) is 0 Å². The summed E-state index contributed by atoms with van der Waals surface area (Å²) in [6, 6.07) is 5.93. The first-order valence-electron chi connectivity index (χ1n) is 3.87. The van der Waals surface area contributed by atoms with E-state index in [1.54, 1.807) is 12.1 Å². The van der Waals surface area contributed by atoms with Crippen LogP contribution in [0.25, 0.3) is 11.3 Å². The molecule has 0 unspecified atom stereocenters. The van der Waals surface area contributed by atoms with Crippen molar-refractivity contribution in [2.24, 2.45) is 0 Å². The van der Waals surface area contributed by atoms with Crippen LogP contribution in [0.3, 0.4) is 0 Å². The average Bonchev–Trinajstić information content (AvgIpc) is 2.66.